The third-order valence-electron chi connectivity index (χ3n) is 6.34. The Labute approximate surface area is 202 Å². The number of amides is 1. The summed E-state index contributed by atoms with van der Waals surface area (Å²) >= 11 is 6.19. The summed E-state index contributed by atoms with van der Waals surface area (Å²) in [5, 5.41) is 3.46. The highest BCUT2D eigenvalue weighted by molar-refractivity contribution is 6.31. The van der Waals surface area contributed by atoms with Crippen molar-refractivity contribution in [1.29, 1.82) is 0 Å². The molecule has 4 aromatic rings. The van der Waals surface area contributed by atoms with Crippen LogP contribution in [0.1, 0.15) is 54.3 Å². The Hall–Kier alpha value is -3.38. The monoisotopic (exact) mass is 477 g/mol. The number of hydrogen-bond donors (Lipinski definition) is 1. The minimum absolute atomic E-state index is 0.212. The van der Waals surface area contributed by atoms with Crippen LogP contribution in [0.15, 0.2) is 71.4 Å². The average Bonchev–Trinajstić information content (AvgIpc) is 3.52. The van der Waals surface area contributed by atoms with Gasteiger partial charge in [-0.3, -0.25) is 4.79 Å². The molecule has 1 amide bonds. The van der Waals surface area contributed by atoms with Crippen molar-refractivity contribution >= 4 is 17.5 Å². The molecular formula is C27H25ClFN3O2. The van der Waals surface area contributed by atoms with Crippen LogP contribution in [0.4, 0.5) is 4.39 Å². The summed E-state index contributed by atoms with van der Waals surface area (Å²) in [6.45, 7) is 0.301. The zero-order valence-corrected chi connectivity index (χ0v) is 19.4. The van der Waals surface area contributed by atoms with Gasteiger partial charge in [0.2, 0.25) is 0 Å². The van der Waals surface area contributed by atoms with Crippen molar-refractivity contribution in [3.63, 3.8) is 0 Å². The van der Waals surface area contributed by atoms with Gasteiger partial charge < -0.3 is 14.3 Å². The van der Waals surface area contributed by atoms with Crippen LogP contribution in [0.5, 0.6) is 0 Å². The molecule has 1 aliphatic rings. The smallest absolute Gasteiger partial charge is 0.287 e. The molecule has 0 spiro atoms. The summed E-state index contributed by atoms with van der Waals surface area (Å²) in [7, 11) is 0. The van der Waals surface area contributed by atoms with E-state index in [1.165, 1.54) is 31.4 Å². The third kappa shape index (κ3) is 4.64. The van der Waals surface area contributed by atoms with E-state index in [1.54, 1.807) is 30.3 Å². The fourth-order valence-corrected chi connectivity index (χ4v) is 4.75. The average molecular weight is 478 g/mol. The van der Waals surface area contributed by atoms with Crippen LogP contribution >= 0.6 is 11.6 Å². The quantitative estimate of drug-likeness (QED) is 0.324. The van der Waals surface area contributed by atoms with Crippen LogP contribution in [-0.4, -0.2) is 15.5 Å². The highest BCUT2D eigenvalue weighted by Gasteiger charge is 2.25. The Kier molecular flexibility index (Phi) is 6.50. The van der Waals surface area contributed by atoms with Crippen molar-refractivity contribution in [2.24, 2.45) is 0 Å². The normalized spacial score (nSPS) is 14.3. The van der Waals surface area contributed by atoms with E-state index in [2.05, 4.69) is 14.9 Å². The molecule has 174 valence electrons. The molecular weight excluding hydrogens is 453 g/mol. The number of carbonyl (C=O) groups is 1. The van der Waals surface area contributed by atoms with Gasteiger partial charge in [-0.15, -0.1) is 0 Å². The first kappa shape index (κ1) is 22.4. The highest BCUT2D eigenvalue weighted by Crippen LogP contribution is 2.38. The first-order valence-corrected chi connectivity index (χ1v) is 11.9. The number of hydrogen-bond acceptors (Lipinski definition) is 3. The number of imidazole rings is 1. The SMILES string of the molecule is O=C(NCc1ccccc1Cl)c1ccc(-c2c(-c3ccc(F)cc3)ncn2C2CCCCC2)o1. The number of carbonyl (C=O) groups excluding carboxylic acids is 1. The number of nitrogens with zero attached hydrogens (tertiary/aromatic N) is 2. The van der Waals surface area contributed by atoms with Crippen molar-refractivity contribution in [3.05, 3.63) is 89.2 Å². The largest absolute Gasteiger partial charge is 0.449 e. The molecule has 5 rings (SSSR count). The third-order valence-corrected chi connectivity index (χ3v) is 6.71. The molecule has 0 saturated heterocycles. The van der Waals surface area contributed by atoms with Gasteiger partial charge >= 0.3 is 0 Å². The van der Waals surface area contributed by atoms with Gasteiger partial charge in [-0.2, -0.15) is 0 Å². The number of benzene rings is 2. The Morgan fingerprint density at radius 1 is 1.06 bits per heavy atom. The molecule has 0 atom stereocenters. The van der Waals surface area contributed by atoms with E-state index in [1.807, 2.05) is 24.5 Å². The van der Waals surface area contributed by atoms with Crippen LogP contribution in [0.25, 0.3) is 22.7 Å². The fourth-order valence-electron chi connectivity index (χ4n) is 4.55. The Balaban J connectivity index is 1.45. The molecule has 34 heavy (non-hydrogen) atoms. The summed E-state index contributed by atoms with van der Waals surface area (Å²) in [6.07, 6.45) is 7.55. The lowest BCUT2D eigenvalue weighted by molar-refractivity contribution is 0.0924. The molecule has 1 saturated carbocycles. The van der Waals surface area contributed by atoms with E-state index in [9.17, 15) is 9.18 Å². The number of rotatable bonds is 6. The zero-order valence-electron chi connectivity index (χ0n) is 18.6. The van der Waals surface area contributed by atoms with Gasteiger partial charge in [0.25, 0.3) is 5.91 Å². The van der Waals surface area contributed by atoms with E-state index >= 15 is 0 Å². The standard InChI is InChI=1S/C27H25ClFN3O2/c28-22-9-5-4-6-19(22)16-30-27(33)24-15-14-23(34-24)26-25(18-10-12-20(29)13-11-18)31-17-32(26)21-7-2-1-3-8-21/h4-6,9-15,17,21H,1-3,7-8,16H2,(H,30,33). The predicted octanol–water partition coefficient (Wildman–Crippen LogP) is 7.04. The summed E-state index contributed by atoms with van der Waals surface area (Å²) in [5.74, 6) is 0.152. The van der Waals surface area contributed by atoms with E-state index in [0.717, 1.165) is 29.7 Å². The number of aromatic nitrogens is 2. The molecule has 2 heterocycles. The molecule has 2 aromatic heterocycles. The van der Waals surface area contributed by atoms with Crippen molar-refractivity contribution in [3.8, 4) is 22.7 Å². The summed E-state index contributed by atoms with van der Waals surface area (Å²) in [4.78, 5) is 17.5. The van der Waals surface area contributed by atoms with Crippen molar-refractivity contribution < 1.29 is 13.6 Å². The number of furan rings is 1. The van der Waals surface area contributed by atoms with Gasteiger partial charge in [-0.05, 0) is 60.9 Å². The first-order chi connectivity index (χ1) is 16.6. The molecule has 1 N–H and O–H groups in total. The summed E-state index contributed by atoms with van der Waals surface area (Å²) in [6, 6.07) is 17.4. The second-order valence-electron chi connectivity index (χ2n) is 8.59. The van der Waals surface area contributed by atoms with Gasteiger partial charge in [0.05, 0.1) is 12.0 Å². The van der Waals surface area contributed by atoms with Crippen LogP contribution in [0, 0.1) is 5.82 Å². The molecule has 0 radical (unpaired) electrons. The lowest BCUT2D eigenvalue weighted by Crippen LogP contribution is -2.22. The Morgan fingerprint density at radius 3 is 2.59 bits per heavy atom. The molecule has 1 aliphatic carbocycles. The maximum absolute atomic E-state index is 13.5. The van der Waals surface area contributed by atoms with E-state index in [4.69, 9.17) is 16.0 Å². The van der Waals surface area contributed by atoms with Gasteiger partial charge in [0.1, 0.15) is 11.5 Å². The van der Waals surface area contributed by atoms with Crippen molar-refractivity contribution in [1.82, 2.24) is 14.9 Å². The fraction of sp³-hybridized carbons (Fsp3) is 0.259. The van der Waals surface area contributed by atoms with Gasteiger partial charge in [-0.25, -0.2) is 9.37 Å². The van der Waals surface area contributed by atoms with Gasteiger partial charge in [0.15, 0.2) is 11.5 Å². The lowest BCUT2D eigenvalue weighted by Gasteiger charge is -2.24. The van der Waals surface area contributed by atoms with E-state index < -0.39 is 0 Å². The van der Waals surface area contributed by atoms with Gasteiger partial charge in [0, 0.05) is 23.2 Å². The van der Waals surface area contributed by atoms with Crippen LogP contribution < -0.4 is 5.32 Å². The van der Waals surface area contributed by atoms with Crippen molar-refractivity contribution in [2.45, 2.75) is 44.7 Å². The molecule has 0 unspecified atom stereocenters. The van der Waals surface area contributed by atoms with Crippen LogP contribution in [0.3, 0.4) is 0 Å². The molecule has 0 bridgehead atoms. The highest BCUT2D eigenvalue weighted by atomic mass is 35.5. The topological polar surface area (TPSA) is 60.1 Å². The molecule has 2 aromatic carbocycles. The zero-order chi connectivity index (χ0) is 23.5. The number of nitrogens with one attached hydrogen (secondary N) is 1. The van der Waals surface area contributed by atoms with Crippen LogP contribution in [0.2, 0.25) is 5.02 Å². The van der Waals surface area contributed by atoms with E-state index in [0.29, 0.717) is 29.1 Å². The first-order valence-electron chi connectivity index (χ1n) is 11.5. The Bertz CT molecular complexity index is 1290. The van der Waals surface area contributed by atoms with Crippen LogP contribution in [-0.2, 0) is 6.54 Å². The minimum atomic E-state index is -0.321. The maximum atomic E-state index is 13.5. The second-order valence-corrected chi connectivity index (χ2v) is 8.99. The minimum Gasteiger partial charge on any atom is -0.449 e. The predicted molar refractivity (Wildman–Crippen MR) is 130 cm³/mol. The Morgan fingerprint density at radius 2 is 1.82 bits per heavy atom. The lowest BCUT2D eigenvalue weighted by atomic mass is 9.95. The molecule has 5 nitrogen and oxygen atoms in total. The summed E-state index contributed by atoms with van der Waals surface area (Å²) < 4.78 is 21.7. The molecule has 0 aliphatic heterocycles. The molecule has 7 heteroatoms. The maximum Gasteiger partial charge on any atom is 0.287 e. The number of halogens is 2. The second kappa shape index (κ2) is 9.85. The van der Waals surface area contributed by atoms with E-state index in [-0.39, 0.29) is 17.5 Å². The van der Waals surface area contributed by atoms with Crippen molar-refractivity contribution in [2.75, 3.05) is 0 Å². The molecule has 1 fully saturated rings. The summed E-state index contributed by atoms with van der Waals surface area (Å²) in [5.41, 5.74) is 3.15. The van der Waals surface area contributed by atoms with Gasteiger partial charge in [-0.1, -0.05) is 49.1 Å².